The Morgan fingerprint density at radius 2 is 2.10 bits per heavy atom. The maximum atomic E-state index is 11.6. The average molecular weight is 289 g/mol. The first kappa shape index (κ1) is 16.0. The number of likely N-dealkylation sites (tertiary alicyclic amines) is 1. The topological polar surface area (TPSA) is 58.4 Å². The van der Waals surface area contributed by atoms with Gasteiger partial charge in [-0.05, 0) is 37.4 Å². The summed E-state index contributed by atoms with van der Waals surface area (Å²) in [5, 5.41) is 2.95. The molecule has 1 aliphatic heterocycles. The molecule has 1 aromatic rings. The number of amides is 1. The van der Waals surface area contributed by atoms with Crippen molar-refractivity contribution in [2.75, 3.05) is 13.1 Å². The Hall–Kier alpha value is -1.39. The monoisotopic (exact) mass is 289 g/mol. The molecule has 1 unspecified atom stereocenters. The molecule has 0 spiro atoms. The molecule has 0 radical (unpaired) electrons. The molecule has 1 fully saturated rings. The van der Waals surface area contributed by atoms with Crippen LogP contribution in [-0.2, 0) is 17.9 Å². The zero-order valence-corrected chi connectivity index (χ0v) is 13.0. The third-order valence-corrected chi connectivity index (χ3v) is 4.28. The highest BCUT2D eigenvalue weighted by molar-refractivity contribution is 5.76. The zero-order valence-electron chi connectivity index (χ0n) is 13.0. The number of nitrogens with zero attached hydrogens (tertiary/aromatic N) is 1. The predicted octanol–water partition coefficient (Wildman–Crippen LogP) is 2.03. The van der Waals surface area contributed by atoms with Gasteiger partial charge in [-0.25, -0.2) is 0 Å². The summed E-state index contributed by atoms with van der Waals surface area (Å²) < 4.78 is 0. The van der Waals surface area contributed by atoms with Crippen LogP contribution >= 0.6 is 0 Å². The first-order valence-electron chi connectivity index (χ1n) is 7.98. The highest BCUT2D eigenvalue weighted by atomic mass is 16.1. The van der Waals surface area contributed by atoms with E-state index in [-0.39, 0.29) is 5.91 Å². The summed E-state index contributed by atoms with van der Waals surface area (Å²) in [5.41, 5.74) is 7.93. The van der Waals surface area contributed by atoms with Gasteiger partial charge in [-0.15, -0.1) is 0 Å². The number of carbonyl (C=O) groups is 1. The summed E-state index contributed by atoms with van der Waals surface area (Å²) in [5.74, 6) is 0.0265. The standard InChI is InChI=1S/C17H27N3O/c1-14-6-4-5-11-20(14)13-16-8-3-2-7-15(16)12-19-17(21)9-10-18/h2-3,7-8,14H,4-6,9-13,18H2,1H3,(H,19,21). The van der Waals surface area contributed by atoms with E-state index in [0.717, 1.165) is 6.54 Å². The van der Waals surface area contributed by atoms with Gasteiger partial charge in [0.05, 0.1) is 0 Å². The summed E-state index contributed by atoms with van der Waals surface area (Å²) in [6.07, 6.45) is 4.31. The van der Waals surface area contributed by atoms with E-state index in [9.17, 15) is 4.79 Å². The van der Waals surface area contributed by atoms with E-state index in [1.807, 2.05) is 6.07 Å². The van der Waals surface area contributed by atoms with Gasteiger partial charge < -0.3 is 11.1 Å². The summed E-state index contributed by atoms with van der Waals surface area (Å²) in [4.78, 5) is 14.1. The molecular weight excluding hydrogens is 262 g/mol. The van der Waals surface area contributed by atoms with Crippen LogP contribution in [0.4, 0.5) is 0 Å². The van der Waals surface area contributed by atoms with Crippen molar-refractivity contribution in [1.29, 1.82) is 0 Å². The molecule has 0 aliphatic carbocycles. The number of carbonyl (C=O) groups excluding carboxylic acids is 1. The lowest BCUT2D eigenvalue weighted by atomic mass is 10.0. The van der Waals surface area contributed by atoms with Crippen molar-refractivity contribution in [3.8, 4) is 0 Å². The van der Waals surface area contributed by atoms with Gasteiger partial charge >= 0.3 is 0 Å². The van der Waals surface area contributed by atoms with Crippen LogP contribution < -0.4 is 11.1 Å². The highest BCUT2D eigenvalue weighted by Gasteiger charge is 2.19. The molecule has 1 saturated heterocycles. The Bertz CT molecular complexity index is 461. The molecule has 1 heterocycles. The fourth-order valence-electron chi connectivity index (χ4n) is 2.91. The number of rotatable bonds is 6. The van der Waals surface area contributed by atoms with E-state index in [1.165, 1.54) is 36.9 Å². The molecule has 1 amide bonds. The van der Waals surface area contributed by atoms with Gasteiger partial charge in [-0.1, -0.05) is 30.7 Å². The Morgan fingerprint density at radius 1 is 1.33 bits per heavy atom. The van der Waals surface area contributed by atoms with Crippen molar-refractivity contribution in [3.05, 3.63) is 35.4 Å². The van der Waals surface area contributed by atoms with E-state index in [4.69, 9.17) is 5.73 Å². The quantitative estimate of drug-likeness (QED) is 0.842. The lowest BCUT2D eigenvalue weighted by molar-refractivity contribution is -0.121. The second kappa shape index (κ2) is 8.15. The summed E-state index contributed by atoms with van der Waals surface area (Å²) in [6, 6.07) is 9.04. The summed E-state index contributed by atoms with van der Waals surface area (Å²) in [6.45, 7) is 5.46. The second-order valence-corrected chi connectivity index (χ2v) is 5.90. The molecule has 4 nitrogen and oxygen atoms in total. The third-order valence-electron chi connectivity index (χ3n) is 4.28. The molecule has 116 valence electrons. The fraction of sp³-hybridized carbons (Fsp3) is 0.588. The number of nitrogens with one attached hydrogen (secondary N) is 1. The van der Waals surface area contributed by atoms with Gasteiger partial charge in [0.2, 0.25) is 5.91 Å². The lowest BCUT2D eigenvalue weighted by Crippen LogP contribution is -2.37. The maximum Gasteiger partial charge on any atom is 0.221 e. The van der Waals surface area contributed by atoms with Crippen LogP contribution in [0.15, 0.2) is 24.3 Å². The Kier molecular flexibility index (Phi) is 6.21. The largest absolute Gasteiger partial charge is 0.352 e. The van der Waals surface area contributed by atoms with Crippen LogP contribution in [0.3, 0.4) is 0 Å². The van der Waals surface area contributed by atoms with Crippen molar-refractivity contribution in [1.82, 2.24) is 10.2 Å². The third kappa shape index (κ3) is 4.83. The Labute approximate surface area is 127 Å². The lowest BCUT2D eigenvalue weighted by Gasteiger charge is -2.33. The fourth-order valence-corrected chi connectivity index (χ4v) is 2.91. The SMILES string of the molecule is CC1CCCCN1Cc1ccccc1CNC(=O)CCN. The normalized spacial score (nSPS) is 19.4. The molecule has 21 heavy (non-hydrogen) atoms. The minimum atomic E-state index is 0.0265. The first-order chi connectivity index (χ1) is 10.2. The van der Waals surface area contributed by atoms with Crippen LogP contribution in [-0.4, -0.2) is 29.9 Å². The van der Waals surface area contributed by atoms with E-state index in [1.54, 1.807) is 0 Å². The van der Waals surface area contributed by atoms with Gasteiger partial charge in [0.15, 0.2) is 0 Å². The van der Waals surface area contributed by atoms with Gasteiger partial charge in [0.1, 0.15) is 0 Å². The summed E-state index contributed by atoms with van der Waals surface area (Å²) >= 11 is 0. The number of piperidine rings is 1. The van der Waals surface area contributed by atoms with E-state index in [2.05, 4.69) is 35.3 Å². The minimum absolute atomic E-state index is 0.0265. The average Bonchev–Trinajstić information content (AvgIpc) is 2.49. The molecule has 0 saturated carbocycles. The number of hydrogen-bond donors (Lipinski definition) is 2. The molecule has 0 aromatic heterocycles. The van der Waals surface area contributed by atoms with Crippen LogP contribution in [0.25, 0.3) is 0 Å². The van der Waals surface area contributed by atoms with Crippen molar-refractivity contribution < 1.29 is 4.79 Å². The predicted molar refractivity (Wildman–Crippen MR) is 85.7 cm³/mol. The number of hydrogen-bond acceptors (Lipinski definition) is 3. The highest BCUT2D eigenvalue weighted by Crippen LogP contribution is 2.20. The Morgan fingerprint density at radius 3 is 2.81 bits per heavy atom. The molecule has 4 heteroatoms. The van der Waals surface area contributed by atoms with Crippen LogP contribution in [0.2, 0.25) is 0 Å². The molecular formula is C17H27N3O. The number of nitrogens with two attached hydrogens (primary N) is 1. The van der Waals surface area contributed by atoms with Gasteiger partial charge in [0, 0.05) is 32.1 Å². The van der Waals surface area contributed by atoms with Gasteiger partial charge in [-0.3, -0.25) is 9.69 Å². The molecule has 2 rings (SSSR count). The second-order valence-electron chi connectivity index (χ2n) is 5.90. The maximum absolute atomic E-state index is 11.6. The van der Waals surface area contributed by atoms with E-state index in [0.29, 0.717) is 25.6 Å². The van der Waals surface area contributed by atoms with Crippen LogP contribution in [0.1, 0.15) is 43.7 Å². The van der Waals surface area contributed by atoms with Crippen molar-refractivity contribution in [2.45, 2.75) is 51.7 Å². The Balaban J connectivity index is 1.97. The van der Waals surface area contributed by atoms with Crippen molar-refractivity contribution in [2.24, 2.45) is 5.73 Å². The van der Waals surface area contributed by atoms with Gasteiger partial charge in [0.25, 0.3) is 0 Å². The van der Waals surface area contributed by atoms with E-state index < -0.39 is 0 Å². The van der Waals surface area contributed by atoms with Crippen molar-refractivity contribution >= 4 is 5.91 Å². The smallest absolute Gasteiger partial charge is 0.221 e. The first-order valence-corrected chi connectivity index (χ1v) is 7.98. The van der Waals surface area contributed by atoms with Gasteiger partial charge in [-0.2, -0.15) is 0 Å². The van der Waals surface area contributed by atoms with Crippen LogP contribution in [0, 0.1) is 0 Å². The number of benzene rings is 1. The molecule has 1 aliphatic rings. The molecule has 1 aromatic carbocycles. The molecule has 3 N–H and O–H groups in total. The summed E-state index contributed by atoms with van der Waals surface area (Å²) in [7, 11) is 0. The van der Waals surface area contributed by atoms with E-state index >= 15 is 0 Å². The molecule has 1 atom stereocenters. The zero-order chi connectivity index (χ0) is 15.1. The van der Waals surface area contributed by atoms with Crippen molar-refractivity contribution in [3.63, 3.8) is 0 Å². The van der Waals surface area contributed by atoms with Crippen LogP contribution in [0.5, 0.6) is 0 Å². The molecule has 0 bridgehead atoms. The minimum Gasteiger partial charge on any atom is -0.352 e.